The molecule has 0 aliphatic heterocycles. The fourth-order valence-electron chi connectivity index (χ4n) is 1.99. The van der Waals surface area contributed by atoms with Gasteiger partial charge in [0.1, 0.15) is 0 Å². The second kappa shape index (κ2) is 3.92. The first-order valence-corrected chi connectivity index (χ1v) is 5.88. The Labute approximate surface area is 95.7 Å². The summed E-state index contributed by atoms with van der Waals surface area (Å²) in [6.07, 6.45) is 5.89. The van der Waals surface area contributed by atoms with Crippen molar-refractivity contribution in [1.82, 2.24) is 9.55 Å². The Bertz CT molecular complexity index is 432. The van der Waals surface area contributed by atoms with Crippen LogP contribution in [0, 0.1) is 5.92 Å². The number of anilines is 1. The van der Waals surface area contributed by atoms with Crippen LogP contribution in [0.1, 0.15) is 33.6 Å². The second-order valence-electron chi connectivity index (χ2n) is 4.99. The number of rotatable bonds is 4. The highest BCUT2D eigenvalue weighted by molar-refractivity contribution is 5.35. The predicted octanol–water partition coefficient (Wildman–Crippen LogP) is 1.86. The van der Waals surface area contributed by atoms with Gasteiger partial charge in [0.05, 0.1) is 0 Å². The Morgan fingerprint density at radius 1 is 1.56 bits per heavy atom. The van der Waals surface area contributed by atoms with Crippen molar-refractivity contribution in [3.05, 3.63) is 22.7 Å². The number of aromatic nitrogens is 2. The zero-order valence-corrected chi connectivity index (χ0v) is 10.2. The number of nitrogens with zero attached hydrogens (tertiary/aromatic N) is 2. The average molecular weight is 221 g/mol. The van der Waals surface area contributed by atoms with Gasteiger partial charge in [0.25, 0.3) is 5.56 Å². The molecule has 0 unspecified atom stereocenters. The predicted molar refractivity (Wildman–Crippen MR) is 64.6 cm³/mol. The molecule has 4 heteroatoms. The van der Waals surface area contributed by atoms with Crippen molar-refractivity contribution >= 4 is 5.82 Å². The summed E-state index contributed by atoms with van der Waals surface area (Å²) in [4.78, 5) is 16.1. The molecule has 0 atom stereocenters. The SMILES string of the molecule is CCn1ccnc(NC(C)(C)C2CC2)c1=O. The zero-order chi connectivity index (χ0) is 11.8. The van der Waals surface area contributed by atoms with E-state index in [1.165, 1.54) is 12.8 Å². The lowest BCUT2D eigenvalue weighted by atomic mass is 9.99. The van der Waals surface area contributed by atoms with E-state index in [9.17, 15) is 4.79 Å². The van der Waals surface area contributed by atoms with E-state index in [2.05, 4.69) is 24.1 Å². The Hall–Kier alpha value is -1.32. The van der Waals surface area contributed by atoms with Crippen molar-refractivity contribution < 1.29 is 0 Å². The van der Waals surface area contributed by atoms with E-state index in [1.54, 1.807) is 17.0 Å². The molecule has 1 heterocycles. The molecule has 0 bridgehead atoms. The molecule has 1 fully saturated rings. The molecule has 2 rings (SSSR count). The van der Waals surface area contributed by atoms with Gasteiger partial charge in [0, 0.05) is 24.5 Å². The molecule has 88 valence electrons. The molecular formula is C12H19N3O. The van der Waals surface area contributed by atoms with Gasteiger partial charge in [-0.3, -0.25) is 4.79 Å². The third kappa shape index (κ3) is 2.10. The molecular weight excluding hydrogens is 202 g/mol. The molecule has 1 aliphatic rings. The highest BCUT2D eigenvalue weighted by atomic mass is 16.1. The summed E-state index contributed by atoms with van der Waals surface area (Å²) < 4.78 is 1.66. The molecule has 0 spiro atoms. The smallest absolute Gasteiger partial charge is 0.293 e. The molecule has 16 heavy (non-hydrogen) atoms. The Balaban J connectivity index is 2.24. The number of nitrogens with one attached hydrogen (secondary N) is 1. The van der Waals surface area contributed by atoms with E-state index in [-0.39, 0.29) is 11.1 Å². The number of aryl methyl sites for hydroxylation is 1. The van der Waals surface area contributed by atoms with Gasteiger partial charge in [0.15, 0.2) is 5.82 Å². The van der Waals surface area contributed by atoms with E-state index >= 15 is 0 Å². The van der Waals surface area contributed by atoms with Crippen LogP contribution in [0.3, 0.4) is 0 Å². The maximum Gasteiger partial charge on any atom is 0.293 e. The Kier molecular flexibility index (Phi) is 2.74. The van der Waals surface area contributed by atoms with Crippen molar-refractivity contribution in [1.29, 1.82) is 0 Å². The van der Waals surface area contributed by atoms with Crippen LogP contribution in [0.4, 0.5) is 5.82 Å². The Morgan fingerprint density at radius 2 is 2.25 bits per heavy atom. The third-order valence-electron chi connectivity index (χ3n) is 3.29. The molecule has 4 nitrogen and oxygen atoms in total. The fraction of sp³-hybridized carbons (Fsp3) is 0.667. The molecule has 0 aromatic carbocycles. The first-order valence-electron chi connectivity index (χ1n) is 5.88. The van der Waals surface area contributed by atoms with Crippen LogP contribution in [0.5, 0.6) is 0 Å². The first-order chi connectivity index (χ1) is 7.54. The van der Waals surface area contributed by atoms with Crippen LogP contribution in [0.2, 0.25) is 0 Å². The number of hydrogen-bond acceptors (Lipinski definition) is 3. The van der Waals surface area contributed by atoms with Crippen LogP contribution in [0.25, 0.3) is 0 Å². The zero-order valence-electron chi connectivity index (χ0n) is 10.2. The maximum absolute atomic E-state index is 12.0. The van der Waals surface area contributed by atoms with E-state index in [1.807, 2.05) is 6.92 Å². The minimum Gasteiger partial charge on any atom is -0.360 e. The van der Waals surface area contributed by atoms with Gasteiger partial charge in [-0.25, -0.2) is 4.98 Å². The maximum atomic E-state index is 12.0. The van der Waals surface area contributed by atoms with Gasteiger partial charge in [-0.2, -0.15) is 0 Å². The quantitative estimate of drug-likeness (QED) is 0.844. The molecule has 0 amide bonds. The number of hydrogen-bond donors (Lipinski definition) is 1. The van der Waals surface area contributed by atoms with Crippen molar-refractivity contribution in [2.45, 2.75) is 45.7 Å². The molecule has 1 aromatic rings. The van der Waals surface area contributed by atoms with Gasteiger partial charge >= 0.3 is 0 Å². The van der Waals surface area contributed by atoms with Crippen molar-refractivity contribution in [3.8, 4) is 0 Å². The monoisotopic (exact) mass is 221 g/mol. The molecule has 1 aromatic heterocycles. The van der Waals surface area contributed by atoms with Crippen LogP contribution >= 0.6 is 0 Å². The van der Waals surface area contributed by atoms with Crippen molar-refractivity contribution in [3.63, 3.8) is 0 Å². The minimum absolute atomic E-state index is 0.0287. The second-order valence-corrected chi connectivity index (χ2v) is 4.99. The minimum atomic E-state index is -0.0290. The lowest BCUT2D eigenvalue weighted by Gasteiger charge is -2.26. The van der Waals surface area contributed by atoms with Gasteiger partial charge in [-0.15, -0.1) is 0 Å². The standard InChI is InChI=1S/C12H19N3O/c1-4-15-8-7-13-10(11(15)16)14-12(2,3)9-5-6-9/h7-9H,4-6H2,1-3H3,(H,13,14). The summed E-state index contributed by atoms with van der Waals surface area (Å²) in [6.45, 7) is 6.90. The molecule has 1 saturated carbocycles. The van der Waals surface area contributed by atoms with E-state index in [0.29, 0.717) is 18.3 Å². The largest absolute Gasteiger partial charge is 0.360 e. The van der Waals surface area contributed by atoms with E-state index < -0.39 is 0 Å². The lowest BCUT2D eigenvalue weighted by Crippen LogP contribution is -2.37. The molecule has 1 aliphatic carbocycles. The average Bonchev–Trinajstić information content (AvgIpc) is 3.04. The third-order valence-corrected chi connectivity index (χ3v) is 3.29. The van der Waals surface area contributed by atoms with Crippen LogP contribution in [0.15, 0.2) is 17.2 Å². The summed E-state index contributed by atoms with van der Waals surface area (Å²) in [5.41, 5.74) is -0.0576. The van der Waals surface area contributed by atoms with Crippen molar-refractivity contribution in [2.75, 3.05) is 5.32 Å². The van der Waals surface area contributed by atoms with Gasteiger partial charge < -0.3 is 9.88 Å². The van der Waals surface area contributed by atoms with Crippen LogP contribution in [-0.2, 0) is 6.54 Å². The van der Waals surface area contributed by atoms with Gasteiger partial charge in [-0.1, -0.05) is 0 Å². The van der Waals surface area contributed by atoms with Gasteiger partial charge in [-0.05, 0) is 39.5 Å². The van der Waals surface area contributed by atoms with Crippen molar-refractivity contribution in [2.24, 2.45) is 5.92 Å². The normalized spacial score (nSPS) is 16.2. The topological polar surface area (TPSA) is 46.9 Å². The highest BCUT2D eigenvalue weighted by Gasteiger charge is 2.38. The van der Waals surface area contributed by atoms with Gasteiger partial charge in [0.2, 0.25) is 0 Å². The summed E-state index contributed by atoms with van der Waals surface area (Å²) in [6, 6.07) is 0. The van der Waals surface area contributed by atoms with Crippen LogP contribution in [-0.4, -0.2) is 15.1 Å². The van der Waals surface area contributed by atoms with E-state index in [4.69, 9.17) is 0 Å². The first kappa shape index (κ1) is 11.2. The summed E-state index contributed by atoms with van der Waals surface area (Å²) in [5.74, 6) is 1.14. The molecule has 0 radical (unpaired) electrons. The highest BCUT2D eigenvalue weighted by Crippen LogP contribution is 2.40. The van der Waals surface area contributed by atoms with E-state index in [0.717, 1.165) is 0 Å². The summed E-state index contributed by atoms with van der Waals surface area (Å²) in [7, 11) is 0. The summed E-state index contributed by atoms with van der Waals surface area (Å²) >= 11 is 0. The lowest BCUT2D eigenvalue weighted by molar-refractivity contribution is 0.490. The van der Waals surface area contributed by atoms with Crippen LogP contribution < -0.4 is 10.9 Å². The molecule has 0 saturated heterocycles. The summed E-state index contributed by atoms with van der Waals surface area (Å²) in [5, 5.41) is 3.28. The molecule has 1 N–H and O–H groups in total. The Morgan fingerprint density at radius 3 is 2.81 bits per heavy atom. The fourth-order valence-corrected chi connectivity index (χ4v) is 1.99.